The number of benzene rings is 2. The van der Waals surface area contributed by atoms with Crippen molar-refractivity contribution in [1.82, 2.24) is 14.9 Å². The Morgan fingerprint density at radius 2 is 2.08 bits per heavy atom. The van der Waals surface area contributed by atoms with Crippen LogP contribution in [0.2, 0.25) is 5.02 Å². The molecule has 0 radical (unpaired) electrons. The third-order valence-corrected chi connectivity index (χ3v) is 3.91. The first-order chi connectivity index (χ1) is 12.1. The zero-order valence-electron chi connectivity index (χ0n) is 13.3. The van der Waals surface area contributed by atoms with Crippen LogP contribution < -0.4 is 4.74 Å². The van der Waals surface area contributed by atoms with E-state index in [1.165, 1.54) is 10.9 Å². The molecule has 0 saturated heterocycles. The Labute approximate surface area is 154 Å². The van der Waals surface area contributed by atoms with Gasteiger partial charge in [-0.3, -0.25) is 0 Å². The molecule has 1 heterocycles. The molecule has 0 atom stereocenters. The van der Waals surface area contributed by atoms with Crippen LogP contribution >= 0.6 is 23.8 Å². The van der Waals surface area contributed by atoms with Crippen LogP contribution in [0.15, 0.2) is 47.6 Å². The van der Waals surface area contributed by atoms with Gasteiger partial charge in [-0.05, 0) is 55.5 Å². The molecule has 0 fully saturated rings. The van der Waals surface area contributed by atoms with E-state index >= 15 is 0 Å². The minimum Gasteiger partial charge on any atom is -0.504 e. The maximum absolute atomic E-state index is 10.2. The van der Waals surface area contributed by atoms with Crippen molar-refractivity contribution in [3.05, 3.63) is 57.8 Å². The molecule has 0 unspecified atom stereocenters. The van der Waals surface area contributed by atoms with Crippen molar-refractivity contribution < 1.29 is 9.84 Å². The number of ether oxygens (including phenoxy) is 1. The number of nitrogens with zero attached hydrogens (tertiary/aromatic N) is 3. The van der Waals surface area contributed by atoms with Crippen LogP contribution in [0.25, 0.3) is 11.4 Å². The molecule has 128 valence electrons. The fourth-order valence-corrected chi connectivity index (χ4v) is 2.53. The number of phenols is 1. The summed E-state index contributed by atoms with van der Waals surface area (Å²) < 4.78 is 7.18. The number of hydrogen-bond donors (Lipinski definition) is 2. The van der Waals surface area contributed by atoms with Crippen molar-refractivity contribution in [1.29, 1.82) is 0 Å². The highest BCUT2D eigenvalue weighted by molar-refractivity contribution is 7.71. The molecule has 25 heavy (non-hydrogen) atoms. The second kappa shape index (κ2) is 7.50. The summed E-state index contributed by atoms with van der Waals surface area (Å²) in [6.07, 6.45) is 1.50. The fourth-order valence-electron chi connectivity index (χ4n) is 2.22. The van der Waals surface area contributed by atoms with E-state index in [-0.39, 0.29) is 5.75 Å². The van der Waals surface area contributed by atoms with Crippen LogP contribution in [0.1, 0.15) is 12.5 Å². The van der Waals surface area contributed by atoms with E-state index in [0.717, 1.165) is 5.56 Å². The lowest BCUT2D eigenvalue weighted by Crippen LogP contribution is -1.97. The van der Waals surface area contributed by atoms with Gasteiger partial charge in [-0.1, -0.05) is 17.7 Å². The van der Waals surface area contributed by atoms with Crippen molar-refractivity contribution in [2.24, 2.45) is 5.10 Å². The highest BCUT2D eigenvalue weighted by atomic mass is 35.5. The van der Waals surface area contributed by atoms with Gasteiger partial charge in [0.15, 0.2) is 17.3 Å². The van der Waals surface area contributed by atoms with E-state index in [2.05, 4.69) is 15.3 Å². The minimum atomic E-state index is 0.0242. The Morgan fingerprint density at radius 1 is 1.32 bits per heavy atom. The van der Waals surface area contributed by atoms with Crippen molar-refractivity contribution in [3.8, 4) is 22.9 Å². The van der Waals surface area contributed by atoms with E-state index in [1.807, 2.05) is 19.1 Å². The van der Waals surface area contributed by atoms with E-state index in [4.69, 9.17) is 28.6 Å². The second-order valence-electron chi connectivity index (χ2n) is 5.04. The molecule has 0 spiro atoms. The third kappa shape index (κ3) is 3.72. The van der Waals surface area contributed by atoms with E-state index in [1.54, 1.807) is 30.3 Å². The molecule has 3 rings (SSSR count). The van der Waals surface area contributed by atoms with Gasteiger partial charge in [0, 0.05) is 16.1 Å². The van der Waals surface area contributed by atoms with E-state index in [9.17, 15) is 5.11 Å². The average molecular weight is 375 g/mol. The van der Waals surface area contributed by atoms with E-state index in [0.29, 0.717) is 33.5 Å². The Bertz CT molecular complexity index is 964. The lowest BCUT2D eigenvalue weighted by molar-refractivity contribution is 0.318. The van der Waals surface area contributed by atoms with Gasteiger partial charge in [0.25, 0.3) is 0 Å². The lowest BCUT2D eigenvalue weighted by Gasteiger charge is -2.07. The third-order valence-electron chi connectivity index (χ3n) is 3.40. The number of aromatic nitrogens is 3. The molecule has 0 aliphatic heterocycles. The first kappa shape index (κ1) is 17.2. The molecule has 6 nitrogen and oxygen atoms in total. The van der Waals surface area contributed by atoms with Crippen molar-refractivity contribution in [3.63, 3.8) is 0 Å². The molecule has 0 amide bonds. The monoisotopic (exact) mass is 374 g/mol. The van der Waals surface area contributed by atoms with Crippen LogP contribution in [0.4, 0.5) is 0 Å². The summed E-state index contributed by atoms with van der Waals surface area (Å²) in [5.74, 6) is 0.967. The molecule has 8 heteroatoms. The molecule has 2 aromatic carbocycles. The first-order valence-electron chi connectivity index (χ1n) is 7.52. The lowest BCUT2D eigenvalue weighted by atomic mass is 10.2. The van der Waals surface area contributed by atoms with Crippen LogP contribution in [0.5, 0.6) is 11.5 Å². The SMILES string of the molecule is CCOc1cccc(C=Nn2c(-c3ccc(Cl)cc3)n[nH]c2=S)c1O. The number of phenolic OH excluding ortho intramolecular Hbond substituents is 1. The van der Waals surface area contributed by atoms with Crippen molar-refractivity contribution >= 4 is 30.0 Å². The summed E-state index contributed by atoms with van der Waals surface area (Å²) in [6, 6.07) is 12.4. The number of rotatable bonds is 5. The van der Waals surface area contributed by atoms with Gasteiger partial charge in [-0.2, -0.15) is 14.9 Å². The molecule has 0 aliphatic rings. The predicted molar refractivity (Wildman–Crippen MR) is 100 cm³/mol. The first-order valence-corrected chi connectivity index (χ1v) is 8.31. The Hall–Kier alpha value is -2.64. The number of aromatic amines is 1. The molecule has 1 aromatic heterocycles. The van der Waals surface area contributed by atoms with Crippen LogP contribution in [0, 0.1) is 4.77 Å². The number of halogens is 1. The van der Waals surface area contributed by atoms with Gasteiger partial charge >= 0.3 is 0 Å². The summed E-state index contributed by atoms with van der Waals surface area (Å²) >= 11 is 11.2. The quantitative estimate of drug-likeness (QED) is 0.517. The van der Waals surface area contributed by atoms with Crippen molar-refractivity contribution in [2.75, 3.05) is 6.61 Å². The standard InChI is InChI=1S/C17H15ClN4O2S/c1-2-24-14-5-3-4-12(15(14)23)10-19-22-16(20-21-17(22)25)11-6-8-13(18)9-7-11/h3-10,23H,2H2,1H3,(H,21,25). The minimum absolute atomic E-state index is 0.0242. The normalized spacial score (nSPS) is 11.1. The maximum atomic E-state index is 10.2. The highest BCUT2D eigenvalue weighted by Gasteiger charge is 2.09. The average Bonchev–Trinajstić information content (AvgIpc) is 2.97. The molecule has 0 saturated carbocycles. The van der Waals surface area contributed by atoms with Crippen molar-refractivity contribution in [2.45, 2.75) is 6.92 Å². The van der Waals surface area contributed by atoms with Crippen LogP contribution in [0.3, 0.4) is 0 Å². The topological polar surface area (TPSA) is 75.4 Å². The molecule has 2 N–H and O–H groups in total. The molecule has 0 bridgehead atoms. The van der Waals surface area contributed by atoms with Gasteiger partial charge in [-0.25, -0.2) is 5.10 Å². The summed E-state index contributed by atoms with van der Waals surface area (Å²) in [6.45, 7) is 2.31. The Kier molecular flexibility index (Phi) is 5.16. The highest BCUT2D eigenvalue weighted by Crippen LogP contribution is 2.28. The second-order valence-corrected chi connectivity index (χ2v) is 5.87. The summed E-state index contributed by atoms with van der Waals surface area (Å²) in [5.41, 5.74) is 1.32. The van der Waals surface area contributed by atoms with Gasteiger partial charge in [0.05, 0.1) is 12.8 Å². The van der Waals surface area contributed by atoms with Gasteiger partial charge in [-0.15, -0.1) is 0 Å². The van der Waals surface area contributed by atoms with Gasteiger partial charge < -0.3 is 9.84 Å². The zero-order valence-corrected chi connectivity index (χ0v) is 14.9. The number of H-pyrrole nitrogens is 1. The summed E-state index contributed by atoms with van der Waals surface area (Å²) in [5, 5.41) is 22.1. The largest absolute Gasteiger partial charge is 0.504 e. The maximum Gasteiger partial charge on any atom is 0.216 e. The van der Waals surface area contributed by atoms with Gasteiger partial charge in [0.2, 0.25) is 4.77 Å². The number of nitrogens with one attached hydrogen (secondary N) is 1. The Balaban J connectivity index is 1.98. The molecular weight excluding hydrogens is 360 g/mol. The van der Waals surface area contributed by atoms with Crippen LogP contribution in [-0.4, -0.2) is 32.8 Å². The smallest absolute Gasteiger partial charge is 0.216 e. The molecular formula is C17H15ClN4O2S. The Morgan fingerprint density at radius 3 is 2.80 bits per heavy atom. The summed E-state index contributed by atoms with van der Waals surface area (Å²) in [4.78, 5) is 0. The van der Waals surface area contributed by atoms with Crippen LogP contribution in [-0.2, 0) is 0 Å². The number of hydrogen-bond acceptors (Lipinski definition) is 5. The fraction of sp³-hybridized carbons (Fsp3) is 0.118. The number of para-hydroxylation sites is 1. The summed E-state index contributed by atoms with van der Waals surface area (Å²) in [7, 11) is 0. The molecule has 3 aromatic rings. The zero-order chi connectivity index (χ0) is 17.8. The van der Waals surface area contributed by atoms with Gasteiger partial charge in [0.1, 0.15) is 0 Å². The predicted octanol–water partition coefficient (Wildman–Crippen LogP) is 4.25. The van der Waals surface area contributed by atoms with E-state index < -0.39 is 0 Å². The molecule has 0 aliphatic carbocycles. The number of aromatic hydroxyl groups is 1.